The fourth-order valence-corrected chi connectivity index (χ4v) is 2.70. The van der Waals surface area contributed by atoms with E-state index in [1.54, 1.807) is 24.3 Å². The minimum atomic E-state index is -1.61. The largest absolute Gasteiger partial charge is 0.507 e. The highest BCUT2D eigenvalue weighted by molar-refractivity contribution is 5.95. The van der Waals surface area contributed by atoms with Crippen molar-refractivity contribution in [3.63, 3.8) is 0 Å². The average molecular weight is 338 g/mol. The van der Waals surface area contributed by atoms with E-state index in [1.807, 2.05) is 0 Å². The van der Waals surface area contributed by atoms with Gasteiger partial charge in [-0.15, -0.1) is 0 Å². The molecule has 0 aliphatic carbocycles. The molecule has 1 fully saturated rings. The third-order valence-corrected chi connectivity index (χ3v) is 4.05. The number of hydrogen-bond acceptors (Lipinski definition) is 8. The smallest absolute Gasteiger partial charge is 0.229 e. The summed E-state index contributed by atoms with van der Waals surface area (Å²) in [4.78, 5) is 0. The first-order valence-corrected chi connectivity index (χ1v) is 7.35. The molecule has 0 radical (unpaired) electrons. The van der Waals surface area contributed by atoms with E-state index in [-0.39, 0.29) is 17.2 Å². The number of benzene rings is 2. The highest BCUT2D eigenvalue weighted by Gasteiger charge is 2.45. The summed E-state index contributed by atoms with van der Waals surface area (Å²) in [5.74, 6) is -0.598. The topological polar surface area (TPSA) is 140 Å². The zero-order valence-corrected chi connectivity index (χ0v) is 12.5. The van der Waals surface area contributed by atoms with E-state index < -0.39 is 37.3 Å². The van der Waals surface area contributed by atoms with Gasteiger partial charge in [0, 0.05) is 16.8 Å². The number of aliphatic hydroxyl groups is 4. The van der Waals surface area contributed by atoms with Crippen LogP contribution in [0.2, 0.25) is 0 Å². The van der Waals surface area contributed by atoms with Crippen molar-refractivity contribution in [2.45, 2.75) is 30.7 Å². The lowest BCUT2D eigenvalue weighted by atomic mass is 9.99. The Bertz CT molecular complexity index is 731. The Kier molecular flexibility index (Phi) is 4.48. The molecule has 0 saturated carbocycles. The number of phenolic OH excluding ortho intramolecular Hbond substituents is 2. The first-order chi connectivity index (χ1) is 11.4. The van der Waals surface area contributed by atoms with Crippen molar-refractivity contribution in [2.75, 3.05) is 6.61 Å². The SMILES string of the molecule is OCC1OC(Oc2cc(O)c3ccccc3c2O)[C@@H](O)[C@@H](O)[C@@H]1O. The first kappa shape index (κ1) is 16.7. The van der Waals surface area contributed by atoms with Crippen LogP contribution in [0.4, 0.5) is 0 Å². The van der Waals surface area contributed by atoms with Gasteiger partial charge in [-0.3, -0.25) is 0 Å². The quantitative estimate of drug-likeness (QED) is 0.409. The maximum absolute atomic E-state index is 10.3. The third-order valence-electron chi connectivity index (χ3n) is 4.05. The van der Waals surface area contributed by atoms with Crippen LogP contribution in [0, 0.1) is 0 Å². The van der Waals surface area contributed by atoms with Crippen LogP contribution in [0.5, 0.6) is 17.2 Å². The summed E-state index contributed by atoms with van der Waals surface area (Å²) >= 11 is 0. The van der Waals surface area contributed by atoms with Crippen LogP contribution in [0.1, 0.15) is 0 Å². The van der Waals surface area contributed by atoms with Gasteiger partial charge in [0.05, 0.1) is 6.61 Å². The molecule has 0 bridgehead atoms. The van der Waals surface area contributed by atoms with Crippen molar-refractivity contribution in [3.05, 3.63) is 30.3 Å². The van der Waals surface area contributed by atoms with Crippen molar-refractivity contribution in [1.82, 2.24) is 0 Å². The Morgan fingerprint density at radius 2 is 1.62 bits per heavy atom. The lowest BCUT2D eigenvalue weighted by molar-refractivity contribution is -0.277. The molecule has 1 heterocycles. The molecule has 3 rings (SSSR count). The van der Waals surface area contributed by atoms with Crippen LogP contribution in [-0.4, -0.2) is 68.0 Å². The molecule has 1 aliphatic heterocycles. The molecule has 2 aromatic rings. The van der Waals surface area contributed by atoms with Gasteiger partial charge in [-0.05, 0) is 0 Å². The predicted molar refractivity (Wildman–Crippen MR) is 81.7 cm³/mol. The molecular formula is C16H18O8. The van der Waals surface area contributed by atoms with E-state index in [2.05, 4.69) is 0 Å². The summed E-state index contributed by atoms with van der Waals surface area (Å²) in [7, 11) is 0. The molecule has 0 amide bonds. The van der Waals surface area contributed by atoms with E-state index in [4.69, 9.17) is 14.6 Å². The molecule has 130 valence electrons. The van der Waals surface area contributed by atoms with Gasteiger partial charge in [0.15, 0.2) is 11.5 Å². The second-order valence-electron chi connectivity index (χ2n) is 5.60. The van der Waals surface area contributed by atoms with Gasteiger partial charge < -0.3 is 40.1 Å². The number of fused-ring (bicyclic) bond motifs is 1. The Labute approximate surface area is 136 Å². The number of rotatable bonds is 3. The number of ether oxygens (including phenoxy) is 2. The van der Waals surface area contributed by atoms with Gasteiger partial charge in [0.2, 0.25) is 6.29 Å². The van der Waals surface area contributed by atoms with Crippen LogP contribution in [-0.2, 0) is 4.74 Å². The second kappa shape index (κ2) is 6.42. The van der Waals surface area contributed by atoms with Crippen molar-refractivity contribution >= 4 is 10.8 Å². The summed E-state index contributed by atoms with van der Waals surface area (Å²) < 4.78 is 10.6. The van der Waals surface area contributed by atoms with E-state index in [0.29, 0.717) is 10.8 Å². The Balaban J connectivity index is 1.93. The highest BCUT2D eigenvalue weighted by Crippen LogP contribution is 2.41. The van der Waals surface area contributed by atoms with Gasteiger partial charge >= 0.3 is 0 Å². The summed E-state index contributed by atoms with van der Waals surface area (Å²) in [6.45, 7) is -0.597. The summed E-state index contributed by atoms with van der Waals surface area (Å²) in [6.07, 6.45) is -7.31. The molecule has 6 N–H and O–H groups in total. The number of phenols is 2. The van der Waals surface area contributed by atoms with Crippen molar-refractivity contribution in [3.8, 4) is 17.2 Å². The molecular weight excluding hydrogens is 320 g/mol. The van der Waals surface area contributed by atoms with E-state index in [0.717, 1.165) is 6.07 Å². The Morgan fingerprint density at radius 1 is 0.958 bits per heavy atom. The van der Waals surface area contributed by atoms with E-state index in [9.17, 15) is 25.5 Å². The van der Waals surface area contributed by atoms with Gasteiger partial charge in [0.1, 0.15) is 30.2 Å². The van der Waals surface area contributed by atoms with E-state index in [1.165, 1.54) is 0 Å². The third kappa shape index (κ3) is 2.74. The van der Waals surface area contributed by atoms with Gasteiger partial charge in [-0.2, -0.15) is 0 Å². The van der Waals surface area contributed by atoms with Crippen molar-refractivity contribution in [1.29, 1.82) is 0 Å². The molecule has 2 aromatic carbocycles. The molecule has 1 saturated heterocycles. The van der Waals surface area contributed by atoms with Crippen LogP contribution >= 0.6 is 0 Å². The van der Waals surface area contributed by atoms with Crippen LogP contribution in [0.25, 0.3) is 10.8 Å². The van der Waals surface area contributed by atoms with Gasteiger partial charge in [0.25, 0.3) is 0 Å². The summed E-state index contributed by atoms with van der Waals surface area (Å²) in [5.41, 5.74) is 0. The van der Waals surface area contributed by atoms with Gasteiger partial charge in [-0.1, -0.05) is 24.3 Å². The van der Waals surface area contributed by atoms with Crippen LogP contribution in [0.15, 0.2) is 30.3 Å². The fourth-order valence-electron chi connectivity index (χ4n) is 2.70. The lowest BCUT2D eigenvalue weighted by Gasteiger charge is -2.39. The minimum absolute atomic E-state index is 0.150. The van der Waals surface area contributed by atoms with Gasteiger partial charge in [-0.25, -0.2) is 0 Å². The Hall–Kier alpha value is -2.10. The normalized spacial score (nSPS) is 30.4. The monoisotopic (exact) mass is 338 g/mol. The van der Waals surface area contributed by atoms with Crippen molar-refractivity contribution in [2.24, 2.45) is 0 Å². The molecule has 5 atom stereocenters. The predicted octanol–water partition coefficient (Wildman–Crippen LogP) is -0.570. The van der Waals surface area contributed by atoms with Crippen LogP contribution in [0.3, 0.4) is 0 Å². The molecule has 8 nitrogen and oxygen atoms in total. The molecule has 1 aliphatic rings. The first-order valence-electron chi connectivity index (χ1n) is 7.35. The average Bonchev–Trinajstić information content (AvgIpc) is 2.59. The zero-order valence-electron chi connectivity index (χ0n) is 12.5. The number of aliphatic hydroxyl groups excluding tert-OH is 4. The molecule has 8 heteroatoms. The second-order valence-corrected chi connectivity index (χ2v) is 5.60. The number of hydrogen-bond donors (Lipinski definition) is 6. The highest BCUT2D eigenvalue weighted by atomic mass is 16.7. The van der Waals surface area contributed by atoms with Crippen LogP contribution < -0.4 is 4.74 Å². The minimum Gasteiger partial charge on any atom is -0.507 e. The standard InChI is InChI=1S/C16H18O8/c17-6-11-13(20)14(21)15(22)16(24-11)23-10-5-9(18)7-3-1-2-4-8(7)12(10)19/h1-5,11,13-22H,6H2/t11?,13-,14+,15+,16?/m1/s1. The summed E-state index contributed by atoms with van der Waals surface area (Å²) in [5, 5.41) is 59.7. The zero-order chi connectivity index (χ0) is 17.4. The fraction of sp³-hybridized carbons (Fsp3) is 0.375. The molecule has 2 unspecified atom stereocenters. The maximum atomic E-state index is 10.3. The Morgan fingerprint density at radius 3 is 2.29 bits per heavy atom. The lowest BCUT2D eigenvalue weighted by Crippen LogP contribution is -2.60. The summed E-state index contributed by atoms with van der Waals surface area (Å²) in [6, 6.07) is 7.70. The van der Waals surface area contributed by atoms with E-state index >= 15 is 0 Å². The molecule has 24 heavy (non-hydrogen) atoms. The van der Waals surface area contributed by atoms with Crippen molar-refractivity contribution < 1.29 is 40.1 Å². The maximum Gasteiger partial charge on any atom is 0.229 e. The molecule has 0 aromatic heterocycles. The molecule has 0 spiro atoms. The number of aromatic hydroxyl groups is 2.